The lowest BCUT2D eigenvalue weighted by atomic mass is 9.99. The van der Waals surface area contributed by atoms with Crippen LogP contribution in [-0.2, 0) is 19.7 Å². The first kappa shape index (κ1) is 33.7. The number of aliphatic imine (C=N–C) groups is 1. The SMILES string of the molecule is C=C(CC)c1cc(C)c(C(=O)Cl)cc1S(C)(=O)=O.C=C(CC)c1cc(C)c(C(=O)N=C(N)N)cc1S(C)(=O)=O. The molecule has 0 aliphatic rings. The molecule has 0 bridgehead atoms. The third-order valence-corrected chi connectivity index (χ3v) is 8.22. The van der Waals surface area contributed by atoms with Crippen molar-refractivity contribution < 1.29 is 26.4 Å². The number of nitrogens with zero attached hydrogens (tertiary/aromatic N) is 1. The Kier molecular flexibility index (Phi) is 11.4. The number of rotatable bonds is 8. The fourth-order valence-electron chi connectivity index (χ4n) is 3.54. The molecule has 0 unspecified atom stereocenters. The number of amides is 1. The molecule has 0 aromatic heterocycles. The second-order valence-electron chi connectivity index (χ2n) is 8.90. The number of benzene rings is 2. The number of halogens is 1. The van der Waals surface area contributed by atoms with Crippen molar-refractivity contribution in [1.82, 2.24) is 0 Å². The van der Waals surface area contributed by atoms with E-state index in [4.69, 9.17) is 23.1 Å². The van der Waals surface area contributed by atoms with Gasteiger partial charge in [-0.25, -0.2) is 16.8 Å². The first-order chi connectivity index (χ1) is 17.8. The Bertz CT molecular complexity index is 1590. The molecule has 0 fully saturated rings. The van der Waals surface area contributed by atoms with E-state index in [1.807, 2.05) is 13.8 Å². The van der Waals surface area contributed by atoms with Crippen molar-refractivity contribution in [2.45, 2.75) is 50.3 Å². The lowest BCUT2D eigenvalue weighted by molar-refractivity contribution is 0.100. The second kappa shape index (κ2) is 13.2. The summed E-state index contributed by atoms with van der Waals surface area (Å²) in [5.41, 5.74) is 14.4. The first-order valence-electron chi connectivity index (χ1n) is 11.7. The molecule has 4 N–H and O–H groups in total. The maximum atomic E-state index is 11.9. The molecule has 0 heterocycles. The van der Waals surface area contributed by atoms with Crippen molar-refractivity contribution in [3.05, 3.63) is 70.8 Å². The minimum Gasteiger partial charge on any atom is -0.370 e. The van der Waals surface area contributed by atoms with Gasteiger partial charge < -0.3 is 11.5 Å². The van der Waals surface area contributed by atoms with Crippen molar-refractivity contribution in [3.8, 4) is 0 Å². The number of hydrogen-bond donors (Lipinski definition) is 2. The van der Waals surface area contributed by atoms with Crippen LogP contribution in [0.1, 0.15) is 69.7 Å². The van der Waals surface area contributed by atoms with Crippen LogP contribution >= 0.6 is 11.6 Å². The Hall–Kier alpha value is -3.28. The molecule has 0 saturated heterocycles. The van der Waals surface area contributed by atoms with E-state index in [0.717, 1.165) is 12.5 Å². The molecule has 2 aromatic carbocycles. The van der Waals surface area contributed by atoms with Gasteiger partial charge in [0.15, 0.2) is 25.6 Å². The number of carbonyl (C=O) groups excluding carboxylic acids is 2. The highest BCUT2D eigenvalue weighted by Gasteiger charge is 2.21. The van der Waals surface area contributed by atoms with Gasteiger partial charge in [0.05, 0.1) is 9.79 Å². The molecule has 0 radical (unpaired) electrons. The summed E-state index contributed by atoms with van der Waals surface area (Å²) in [6, 6.07) is 5.90. The molecule has 2 rings (SSSR count). The minimum absolute atomic E-state index is 0.0501. The summed E-state index contributed by atoms with van der Waals surface area (Å²) >= 11 is 5.44. The Morgan fingerprint density at radius 1 is 0.769 bits per heavy atom. The first-order valence-corrected chi connectivity index (χ1v) is 15.8. The van der Waals surface area contributed by atoms with Crippen LogP contribution in [0.25, 0.3) is 11.1 Å². The number of guanidine groups is 1. The average molecular weight is 596 g/mol. The third kappa shape index (κ3) is 8.87. The maximum absolute atomic E-state index is 11.9. The van der Waals surface area contributed by atoms with Gasteiger partial charge in [-0.05, 0) is 96.0 Å². The molecular formula is C27H34ClN3O6S2. The highest BCUT2D eigenvalue weighted by atomic mass is 35.5. The van der Waals surface area contributed by atoms with Crippen molar-refractivity contribution in [2.75, 3.05) is 12.5 Å². The van der Waals surface area contributed by atoms with E-state index in [0.29, 0.717) is 46.2 Å². The largest absolute Gasteiger partial charge is 0.370 e. The summed E-state index contributed by atoms with van der Waals surface area (Å²) in [6.45, 7) is 14.9. The molecule has 9 nitrogen and oxygen atoms in total. The molecule has 12 heteroatoms. The zero-order chi connectivity index (χ0) is 30.5. The van der Waals surface area contributed by atoms with Crippen molar-refractivity contribution in [3.63, 3.8) is 0 Å². The van der Waals surface area contributed by atoms with Crippen LogP contribution in [0.15, 0.2) is 52.2 Å². The van der Waals surface area contributed by atoms with Gasteiger partial charge in [-0.2, -0.15) is 4.99 Å². The summed E-state index contributed by atoms with van der Waals surface area (Å²) < 4.78 is 47.4. The van der Waals surface area contributed by atoms with E-state index >= 15 is 0 Å². The van der Waals surface area contributed by atoms with Gasteiger partial charge in [0.25, 0.3) is 11.1 Å². The van der Waals surface area contributed by atoms with Gasteiger partial charge in [0, 0.05) is 23.6 Å². The number of hydrogen-bond acceptors (Lipinski definition) is 6. The predicted octanol–water partition coefficient (Wildman–Crippen LogP) is 4.44. The summed E-state index contributed by atoms with van der Waals surface area (Å²) in [4.78, 5) is 26.8. The summed E-state index contributed by atoms with van der Waals surface area (Å²) in [6.07, 6.45) is 3.42. The Morgan fingerprint density at radius 2 is 1.13 bits per heavy atom. The van der Waals surface area contributed by atoms with Crippen LogP contribution in [0.4, 0.5) is 0 Å². The minimum atomic E-state index is -3.51. The van der Waals surface area contributed by atoms with Crippen LogP contribution in [0, 0.1) is 13.8 Å². The van der Waals surface area contributed by atoms with Gasteiger partial charge >= 0.3 is 0 Å². The molecule has 1 amide bonds. The normalized spacial score (nSPS) is 11.2. The highest BCUT2D eigenvalue weighted by Crippen LogP contribution is 2.29. The van der Waals surface area contributed by atoms with E-state index in [-0.39, 0.29) is 26.9 Å². The third-order valence-electron chi connectivity index (χ3n) is 5.74. The maximum Gasteiger partial charge on any atom is 0.280 e. The molecule has 0 atom stereocenters. The van der Waals surface area contributed by atoms with Gasteiger partial charge in [0.1, 0.15) is 0 Å². The summed E-state index contributed by atoms with van der Waals surface area (Å²) in [7, 11) is -6.95. The molecule has 212 valence electrons. The molecule has 0 spiro atoms. The molecule has 39 heavy (non-hydrogen) atoms. The lowest BCUT2D eigenvalue weighted by Crippen LogP contribution is -2.24. The molecule has 0 aliphatic heterocycles. The van der Waals surface area contributed by atoms with Gasteiger partial charge in [-0.15, -0.1) is 0 Å². The molecular weight excluding hydrogens is 562 g/mol. The van der Waals surface area contributed by atoms with Gasteiger partial charge in [-0.3, -0.25) is 9.59 Å². The van der Waals surface area contributed by atoms with Crippen LogP contribution in [0.2, 0.25) is 0 Å². The highest BCUT2D eigenvalue weighted by molar-refractivity contribution is 7.91. The van der Waals surface area contributed by atoms with E-state index in [9.17, 15) is 26.4 Å². The van der Waals surface area contributed by atoms with E-state index < -0.39 is 30.8 Å². The van der Waals surface area contributed by atoms with Crippen LogP contribution in [0.3, 0.4) is 0 Å². The quantitative estimate of drug-likeness (QED) is 0.256. The van der Waals surface area contributed by atoms with E-state index in [1.165, 1.54) is 12.1 Å². The summed E-state index contributed by atoms with van der Waals surface area (Å²) in [5.74, 6) is -1.05. The number of allylic oxidation sites excluding steroid dienone is 2. The Labute approximate surface area is 235 Å². The summed E-state index contributed by atoms with van der Waals surface area (Å²) in [5, 5.41) is -0.661. The monoisotopic (exact) mass is 595 g/mol. The van der Waals surface area contributed by atoms with Crippen molar-refractivity contribution in [2.24, 2.45) is 16.5 Å². The van der Waals surface area contributed by atoms with E-state index in [2.05, 4.69) is 18.2 Å². The predicted molar refractivity (Wildman–Crippen MR) is 158 cm³/mol. The molecule has 2 aromatic rings. The average Bonchev–Trinajstić information content (AvgIpc) is 2.80. The van der Waals surface area contributed by atoms with Crippen LogP contribution in [0.5, 0.6) is 0 Å². The van der Waals surface area contributed by atoms with E-state index in [1.54, 1.807) is 26.0 Å². The zero-order valence-corrected chi connectivity index (χ0v) is 25.3. The van der Waals surface area contributed by atoms with Crippen molar-refractivity contribution in [1.29, 1.82) is 0 Å². The Morgan fingerprint density at radius 3 is 1.44 bits per heavy atom. The standard InChI is InChI=1S/C14H19N3O3S.C13H15ClO3S/c1-5-8(2)10-6-9(3)11(13(18)17-14(15)16)7-12(10)21(4,19)20;1-5-8(2)10-6-9(3)11(13(14)15)7-12(10)18(4,16)17/h6-7H,2,5H2,1,3-4H3,(H4,15,16,17,18);6-7H,2,5H2,1,3-4H3. The number of nitrogens with two attached hydrogens (primary N) is 2. The van der Waals surface area contributed by atoms with Crippen LogP contribution < -0.4 is 11.5 Å². The topological polar surface area (TPSA) is 167 Å². The van der Waals surface area contributed by atoms with Crippen molar-refractivity contribution >= 4 is 59.5 Å². The zero-order valence-electron chi connectivity index (χ0n) is 22.9. The van der Waals surface area contributed by atoms with Gasteiger partial charge in [-0.1, -0.05) is 27.0 Å². The number of aryl methyl sites for hydroxylation is 2. The van der Waals surface area contributed by atoms with Crippen LogP contribution in [-0.4, -0.2) is 46.5 Å². The van der Waals surface area contributed by atoms with Gasteiger partial charge in [0.2, 0.25) is 0 Å². The molecule has 0 saturated carbocycles. The fourth-order valence-corrected chi connectivity index (χ4v) is 5.62. The fraction of sp³-hybridized carbons (Fsp3) is 0.296. The second-order valence-corrected chi connectivity index (χ2v) is 13.2. The smallest absolute Gasteiger partial charge is 0.280 e. The lowest BCUT2D eigenvalue weighted by Gasteiger charge is -2.13. The number of carbonyl (C=O) groups is 2. The Balaban J connectivity index is 0.000000395. The molecule has 0 aliphatic carbocycles. The number of sulfone groups is 2.